The van der Waals surface area contributed by atoms with Crippen LogP contribution in [-0.4, -0.2) is 58.3 Å². The fourth-order valence-corrected chi connectivity index (χ4v) is 4.60. The first-order chi connectivity index (χ1) is 17.6. The zero-order valence-corrected chi connectivity index (χ0v) is 22.9. The molecule has 2 atom stereocenters. The quantitative estimate of drug-likeness (QED) is 0.397. The molecule has 2 heterocycles. The third-order valence-corrected chi connectivity index (χ3v) is 6.53. The number of amides is 1. The smallest absolute Gasteiger partial charge is 0.411 e. The molecular formula is C27H31BrN4O5. The zero-order chi connectivity index (χ0) is 26.6. The number of fused-ring (bicyclic) bond motifs is 1. The average molecular weight is 571 g/mol. The molecule has 1 N–H and O–H groups in total. The number of carbonyl (C=O) groups is 2. The molecule has 9 nitrogen and oxygen atoms in total. The maximum absolute atomic E-state index is 12.7. The second kappa shape index (κ2) is 11.3. The van der Waals surface area contributed by atoms with E-state index in [9.17, 15) is 9.59 Å². The maximum Gasteiger partial charge on any atom is 0.411 e. The van der Waals surface area contributed by atoms with E-state index in [1.54, 1.807) is 27.0 Å². The van der Waals surface area contributed by atoms with Gasteiger partial charge in [-0.1, -0.05) is 30.3 Å². The van der Waals surface area contributed by atoms with Crippen molar-refractivity contribution in [1.29, 1.82) is 0 Å². The Kier molecular flexibility index (Phi) is 8.16. The molecule has 1 aromatic heterocycles. The van der Waals surface area contributed by atoms with Gasteiger partial charge in [0, 0.05) is 12.6 Å². The second-order valence-electron chi connectivity index (χ2n) is 9.85. The Morgan fingerprint density at radius 2 is 1.92 bits per heavy atom. The molecule has 0 radical (unpaired) electrons. The Bertz CT molecular complexity index is 1260. The predicted molar refractivity (Wildman–Crippen MR) is 143 cm³/mol. The number of methoxy groups -OCH3 is 1. The number of rotatable bonds is 6. The molecule has 37 heavy (non-hydrogen) atoms. The fraction of sp³-hybridized carbons (Fsp3) is 0.407. The largest absolute Gasteiger partial charge is 0.485 e. The number of benzene rings is 2. The summed E-state index contributed by atoms with van der Waals surface area (Å²) in [5.74, 6) is 0.668. The van der Waals surface area contributed by atoms with Crippen molar-refractivity contribution in [2.24, 2.45) is 0 Å². The summed E-state index contributed by atoms with van der Waals surface area (Å²) in [6, 6.07) is 12.8. The van der Waals surface area contributed by atoms with Crippen molar-refractivity contribution in [3.05, 3.63) is 58.7 Å². The van der Waals surface area contributed by atoms with Crippen molar-refractivity contribution >= 4 is 44.8 Å². The number of esters is 1. The van der Waals surface area contributed by atoms with Gasteiger partial charge in [-0.3, -0.25) is 9.88 Å². The zero-order valence-electron chi connectivity index (χ0n) is 21.4. The van der Waals surface area contributed by atoms with E-state index in [1.807, 2.05) is 42.5 Å². The highest BCUT2D eigenvalue weighted by molar-refractivity contribution is 9.10. The number of carbonyl (C=O) groups excluding carboxylic acids is 2. The number of nitrogens with zero attached hydrogens (tertiary/aromatic N) is 3. The lowest BCUT2D eigenvalue weighted by Crippen LogP contribution is -2.54. The normalized spacial score (nSPS) is 17.8. The molecule has 4 rings (SSSR count). The second-order valence-corrected chi connectivity index (χ2v) is 10.7. The van der Waals surface area contributed by atoms with Crippen LogP contribution in [0.3, 0.4) is 0 Å². The first-order valence-corrected chi connectivity index (χ1v) is 12.9. The minimum atomic E-state index is -0.765. The van der Waals surface area contributed by atoms with Crippen molar-refractivity contribution in [2.45, 2.75) is 57.9 Å². The third-order valence-electron chi connectivity index (χ3n) is 5.90. The molecule has 10 heteroatoms. The number of likely N-dealkylation sites (tertiary alicyclic amines) is 1. The molecule has 1 amide bonds. The summed E-state index contributed by atoms with van der Waals surface area (Å²) >= 11 is 3.57. The summed E-state index contributed by atoms with van der Waals surface area (Å²) in [6.07, 6.45) is 2.07. The number of aromatic nitrogens is 2. The number of ether oxygens (including phenoxy) is 3. The number of nitrogens with one attached hydrogen (secondary N) is 1. The number of piperidine rings is 1. The lowest BCUT2D eigenvalue weighted by molar-refractivity contribution is -0.148. The standard InChI is InChI=1S/C27H31BrN4O5/c1-27(2,3)37-26(34)32-13-12-18(14-21(32)25(33)35-4)30-22-15-29-20-11-10-19(28)24(23(20)31-22)36-16-17-8-6-5-7-9-17/h5-11,15,18,21H,12-14,16H2,1-4H3,(H,30,31)/t18-,21-/m0/s1. The molecule has 1 aliphatic heterocycles. The Balaban J connectivity index is 1.52. The van der Waals surface area contributed by atoms with E-state index in [2.05, 4.69) is 26.2 Å². The van der Waals surface area contributed by atoms with Crippen LogP contribution in [0, 0.1) is 0 Å². The van der Waals surface area contributed by atoms with Crippen LogP contribution in [0.4, 0.5) is 10.6 Å². The van der Waals surface area contributed by atoms with Crippen molar-refractivity contribution in [2.75, 3.05) is 19.0 Å². The maximum atomic E-state index is 12.7. The Hall–Kier alpha value is -3.40. The predicted octanol–water partition coefficient (Wildman–Crippen LogP) is 5.32. The molecular weight excluding hydrogens is 540 g/mol. The number of hydrogen-bond donors (Lipinski definition) is 1. The third kappa shape index (κ3) is 6.68. The molecule has 0 unspecified atom stereocenters. The highest BCUT2D eigenvalue weighted by atomic mass is 79.9. The number of hydrogen-bond acceptors (Lipinski definition) is 8. The molecule has 196 valence electrons. The van der Waals surface area contributed by atoms with Gasteiger partial charge in [0.25, 0.3) is 0 Å². The van der Waals surface area contributed by atoms with Crippen molar-refractivity contribution in [3.8, 4) is 5.75 Å². The molecule has 0 spiro atoms. The van der Waals surface area contributed by atoms with E-state index in [0.717, 1.165) is 10.0 Å². The van der Waals surface area contributed by atoms with Gasteiger partial charge in [-0.05, 0) is 67.2 Å². The van der Waals surface area contributed by atoms with Crippen LogP contribution in [-0.2, 0) is 20.9 Å². The van der Waals surface area contributed by atoms with E-state index in [0.29, 0.717) is 48.6 Å². The fourth-order valence-electron chi connectivity index (χ4n) is 4.17. The highest BCUT2D eigenvalue weighted by Gasteiger charge is 2.39. The molecule has 1 saturated heterocycles. The Labute approximate surface area is 224 Å². The summed E-state index contributed by atoms with van der Waals surface area (Å²) in [6.45, 7) is 6.11. The number of anilines is 1. The van der Waals surface area contributed by atoms with Crippen molar-refractivity contribution in [1.82, 2.24) is 14.9 Å². The van der Waals surface area contributed by atoms with Gasteiger partial charge in [-0.15, -0.1) is 0 Å². The van der Waals surface area contributed by atoms with Crippen LogP contribution in [0.2, 0.25) is 0 Å². The molecule has 3 aromatic rings. The van der Waals surface area contributed by atoms with Gasteiger partial charge in [0.1, 0.15) is 29.6 Å². The molecule has 0 bridgehead atoms. The van der Waals surface area contributed by atoms with Crippen molar-refractivity contribution < 1.29 is 23.8 Å². The Morgan fingerprint density at radius 3 is 2.62 bits per heavy atom. The molecule has 2 aromatic carbocycles. The van der Waals surface area contributed by atoms with E-state index in [1.165, 1.54) is 12.0 Å². The topological polar surface area (TPSA) is 103 Å². The van der Waals surface area contributed by atoms with Gasteiger partial charge in [-0.2, -0.15) is 0 Å². The summed E-state index contributed by atoms with van der Waals surface area (Å²) in [7, 11) is 1.32. The highest BCUT2D eigenvalue weighted by Crippen LogP contribution is 2.33. The molecule has 1 aliphatic rings. The average Bonchev–Trinajstić information content (AvgIpc) is 2.87. The van der Waals surface area contributed by atoms with Gasteiger partial charge >= 0.3 is 12.1 Å². The molecule has 0 saturated carbocycles. The SMILES string of the molecule is COC(=O)[C@@H]1C[C@@H](Nc2cnc3ccc(Br)c(OCc4ccccc4)c3n2)CCN1C(=O)OC(C)(C)C. The van der Waals surface area contributed by atoms with Crippen molar-refractivity contribution in [3.63, 3.8) is 0 Å². The summed E-state index contributed by atoms with van der Waals surface area (Å²) < 4.78 is 17.4. The van der Waals surface area contributed by atoms with E-state index < -0.39 is 23.7 Å². The van der Waals surface area contributed by atoms with E-state index in [4.69, 9.17) is 19.2 Å². The van der Waals surface area contributed by atoms with Crippen LogP contribution in [0.5, 0.6) is 5.75 Å². The van der Waals surface area contributed by atoms with Gasteiger partial charge in [-0.25, -0.2) is 14.6 Å². The molecule has 0 aliphatic carbocycles. The van der Waals surface area contributed by atoms with Gasteiger partial charge in [0.15, 0.2) is 5.75 Å². The first-order valence-electron chi connectivity index (χ1n) is 12.1. The number of halogens is 1. The van der Waals surface area contributed by atoms with Crippen LogP contribution in [0.1, 0.15) is 39.2 Å². The van der Waals surface area contributed by atoms with E-state index >= 15 is 0 Å². The summed E-state index contributed by atoms with van der Waals surface area (Å²) in [5, 5.41) is 3.38. The summed E-state index contributed by atoms with van der Waals surface area (Å²) in [5.41, 5.74) is 1.69. The lowest BCUT2D eigenvalue weighted by atomic mass is 9.97. The van der Waals surface area contributed by atoms with Crippen LogP contribution >= 0.6 is 15.9 Å². The van der Waals surface area contributed by atoms with Crippen LogP contribution in [0.25, 0.3) is 11.0 Å². The van der Waals surface area contributed by atoms with Gasteiger partial charge < -0.3 is 19.5 Å². The lowest BCUT2D eigenvalue weighted by Gasteiger charge is -2.38. The summed E-state index contributed by atoms with van der Waals surface area (Å²) in [4.78, 5) is 36.0. The van der Waals surface area contributed by atoms with Gasteiger partial charge in [0.05, 0.1) is 23.3 Å². The Morgan fingerprint density at radius 1 is 1.16 bits per heavy atom. The first kappa shape index (κ1) is 26.7. The molecule has 1 fully saturated rings. The van der Waals surface area contributed by atoms with E-state index in [-0.39, 0.29) is 6.04 Å². The minimum absolute atomic E-state index is 0.129. The van der Waals surface area contributed by atoms with Crippen LogP contribution in [0.15, 0.2) is 53.1 Å². The minimum Gasteiger partial charge on any atom is -0.485 e. The van der Waals surface area contributed by atoms with Gasteiger partial charge in [0.2, 0.25) is 0 Å². The van der Waals surface area contributed by atoms with Crippen LogP contribution < -0.4 is 10.1 Å². The monoisotopic (exact) mass is 570 g/mol.